The van der Waals surface area contributed by atoms with E-state index in [1.165, 1.54) is 18.2 Å². The Balaban J connectivity index is 0.00000136. The van der Waals surface area contributed by atoms with Gasteiger partial charge in [-0.1, -0.05) is 56.3 Å². The van der Waals surface area contributed by atoms with Crippen LogP contribution in [0.4, 0.5) is 0 Å². The van der Waals surface area contributed by atoms with E-state index in [9.17, 15) is 4.79 Å². The lowest BCUT2D eigenvalue weighted by atomic mass is 10.0. The van der Waals surface area contributed by atoms with Crippen LogP contribution in [0.15, 0.2) is 54.6 Å². The second-order valence-corrected chi connectivity index (χ2v) is 7.24. The first-order valence-electron chi connectivity index (χ1n) is 10.3. The third kappa shape index (κ3) is 5.91. The maximum atomic E-state index is 11.6. The summed E-state index contributed by atoms with van der Waals surface area (Å²) < 4.78 is 4.77. The Labute approximate surface area is 170 Å². The molecule has 1 saturated heterocycles. The van der Waals surface area contributed by atoms with Crippen molar-refractivity contribution in [2.24, 2.45) is 0 Å². The number of hydrogen-bond donors (Lipinski definition) is 0. The summed E-state index contributed by atoms with van der Waals surface area (Å²) in [7, 11) is 1.41. The second kappa shape index (κ2) is 11.0. The molecule has 0 aromatic heterocycles. The van der Waals surface area contributed by atoms with Crippen LogP contribution in [-0.4, -0.2) is 48.1 Å². The monoisotopic (exact) mass is 382 g/mol. The summed E-state index contributed by atoms with van der Waals surface area (Å²) in [6.45, 7) is 12.7. The van der Waals surface area contributed by atoms with E-state index >= 15 is 0 Å². The topological polar surface area (TPSA) is 32.8 Å². The van der Waals surface area contributed by atoms with E-state index in [0.717, 1.165) is 26.2 Å². The fraction of sp³-hybridized carbons (Fsp3) is 0.458. The van der Waals surface area contributed by atoms with Crippen molar-refractivity contribution in [1.82, 2.24) is 9.80 Å². The number of hydrogen-bond acceptors (Lipinski definition) is 4. The molecule has 28 heavy (non-hydrogen) atoms. The van der Waals surface area contributed by atoms with Gasteiger partial charge in [0, 0.05) is 38.3 Å². The lowest BCUT2D eigenvalue weighted by Crippen LogP contribution is -2.55. The molecule has 0 spiro atoms. The molecular formula is C24H34N2O2. The molecule has 2 aromatic rings. The molecule has 0 unspecified atom stereocenters. The number of methoxy groups -OCH3 is 1. The Morgan fingerprint density at radius 3 is 1.96 bits per heavy atom. The average molecular weight is 383 g/mol. The minimum Gasteiger partial charge on any atom is -0.465 e. The van der Waals surface area contributed by atoms with Gasteiger partial charge >= 0.3 is 5.97 Å². The average Bonchev–Trinajstić information content (AvgIpc) is 2.73. The number of carbonyl (C=O) groups is 1. The first-order chi connectivity index (χ1) is 13.6. The SMILES string of the molecule is CC.COC(=O)c1ccc(CN2[C@H](C)CN(Cc3ccccc3)C[C@@H]2C)cc1. The molecule has 4 nitrogen and oxygen atoms in total. The Bertz CT molecular complexity index is 703. The van der Waals surface area contributed by atoms with E-state index in [1.54, 1.807) is 0 Å². The molecule has 0 N–H and O–H groups in total. The van der Waals surface area contributed by atoms with Crippen LogP contribution in [0.1, 0.15) is 49.2 Å². The zero-order chi connectivity index (χ0) is 20.5. The molecule has 2 aromatic carbocycles. The van der Waals surface area contributed by atoms with Crippen LogP contribution < -0.4 is 0 Å². The van der Waals surface area contributed by atoms with E-state index in [1.807, 2.05) is 38.1 Å². The van der Waals surface area contributed by atoms with Crippen molar-refractivity contribution in [3.8, 4) is 0 Å². The van der Waals surface area contributed by atoms with Gasteiger partial charge in [-0.15, -0.1) is 0 Å². The van der Waals surface area contributed by atoms with E-state index < -0.39 is 0 Å². The summed E-state index contributed by atoms with van der Waals surface area (Å²) >= 11 is 0. The highest BCUT2D eigenvalue weighted by atomic mass is 16.5. The predicted molar refractivity (Wildman–Crippen MR) is 115 cm³/mol. The normalized spacial score (nSPS) is 20.2. The van der Waals surface area contributed by atoms with Gasteiger partial charge in [-0.05, 0) is 37.1 Å². The minimum atomic E-state index is -0.284. The summed E-state index contributed by atoms with van der Waals surface area (Å²) in [4.78, 5) is 16.7. The van der Waals surface area contributed by atoms with Gasteiger partial charge in [0.15, 0.2) is 0 Å². The molecule has 3 rings (SSSR count). The second-order valence-electron chi connectivity index (χ2n) is 7.24. The quantitative estimate of drug-likeness (QED) is 0.708. The van der Waals surface area contributed by atoms with Crippen molar-refractivity contribution < 1.29 is 9.53 Å². The number of benzene rings is 2. The van der Waals surface area contributed by atoms with Crippen LogP contribution in [0.5, 0.6) is 0 Å². The van der Waals surface area contributed by atoms with E-state index in [-0.39, 0.29) is 5.97 Å². The largest absolute Gasteiger partial charge is 0.465 e. The van der Waals surface area contributed by atoms with Crippen LogP contribution in [-0.2, 0) is 17.8 Å². The molecule has 0 bridgehead atoms. The van der Waals surface area contributed by atoms with Gasteiger partial charge < -0.3 is 4.74 Å². The van der Waals surface area contributed by atoms with Gasteiger partial charge in [0.05, 0.1) is 12.7 Å². The number of carbonyl (C=O) groups excluding carboxylic acids is 1. The number of piperazine rings is 1. The summed E-state index contributed by atoms with van der Waals surface area (Å²) in [6.07, 6.45) is 0. The van der Waals surface area contributed by atoms with Gasteiger partial charge in [0.2, 0.25) is 0 Å². The molecule has 1 fully saturated rings. The zero-order valence-electron chi connectivity index (χ0n) is 17.9. The smallest absolute Gasteiger partial charge is 0.337 e. The number of ether oxygens (including phenoxy) is 1. The van der Waals surface area contributed by atoms with Crippen molar-refractivity contribution in [2.45, 2.75) is 52.9 Å². The van der Waals surface area contributed by atoms with E-state index in [4.69, 9.17) is 4.74 Å². The van der Waals surface area contributed by atoms with Crippen molar-refractivity contribution >= 4 is 5.97 Å². The Morgan fingerprint density at radius 2 is 1.43 bits per heavy atom. The molecule has 4 heteroatoms. The van der Waals surface area contributed by atoms with E-state index in [2.05, 4.69) is 54.0 Å². The molecule has 0 saturated carbocycles. The van der Waals surface area contributed by atoms with Crippen LogP contribution in [0.3, 0.4) is 0 Å². The Morgan fingerprint density at radius 1 is 0.893 bits per heavy atom. The third-order valence-electron chi connectivity index (χ3n) is 5.17. The highest BCUT2D eigenvalue weighted by molar-refractivity contribution is 5.89. The van der Waals surface area contributed by atoms with E-state index in [0.29, 0.717) is 17.6 Å². The van der Waals surface area contributed by atoms with Gasteiger partial charge in [-0.25, -0.2) is 4.79 Å². The summed E-state index contributed by atoms with van der Waals surface area (Å²) in [6, 6.07) is 19.4. The zero-order valence-corrected chi connectivity index (χ0v) is 17.9. The number of nitrogens with zero attached hydrogens (tertiary/aromatic N) is 2. The maximum Gasteiger partial charge on any atom is 0.337 e. The van der Waals surface area contributed by atoms with Gasteiger partial charge in [0.1, 0.15) is 0 Å². The maximum absolute atomic E-state index is 11.6. The summed E-state index contributed by atoms with van der Waals surface area (Å²) in [5, 5.41) is 0. The number of esters is 1. The van der Waals surface area contributed by atoms with Crippen LogP contribution in [0, 0.1) is 0 Å². The van der Waals surface area contributed by atoms with Crippen molar-refractivity contribution in [3.05, 3.63) is 71.3 Å². The first-order valence-corrected chi connectivity index (χ1v) is 10.3. The highest BCUT2D eigenvalue weighted by Crippen LogP contribution is 2.21. The molecule has 0 amide bonds. The van der Waals surface area contributed by atoms with Crippen LogP contribution in [0.2, 0.25) is 0 Å². The minimum absolute atomic E-state index is 0.284. The fourth-order valence-corrected chi connectivity index (χ4v) is 3.82. The lowest BCUT2D eigenvalue weighted by molar-refractivity contribution is 0.0290. The molecule has 2 atom stereocenters. The van der Waals surface area contributed by atoms with Gasteiger partial charge in [0.25, 0.3) is 0 Å². The molecule has 0 aliphatic carbocycles. The first kappa shape index (κ1) is 22.1. The third-order valence-corrected chi connectivity index (χ3v) is 5.17. The molecular weight excluding hydrogens is 348 g/mol. The molecule has 1 aliphatic heterocycles. The molecule has 1 aliphatic rings. The molecule has 1 heterocycles. The molecule has 0 radical (unpaired) electrons. The van der Waals surface area contributed by atoms with Gasteiger partial charge in [-0.3, -0.25) is 9.80 Å². The van der Waals surface area contributed by atoms with Crippen molar-refractivity contribution in [3.63, 3.8) is 0 Å². The lowest BCUT2D eigenvalue weighted by Gasteiger charge is -2.44. The predicted octanol–water partition coefficient (Wildman–Crippen LogP) is 4.59. The number of rotatable bonds is 5. The summed E-state index contributed by atoms with van der Waals surface area (Å²) in [5.41, 5.74) is 3.21. The van der Waals surface area contributed by atoms with Crippen molar-refractivity contribution in [2.75, 3.05) is 20.2 Å². The van der Waals surface area contributed by atoms with Crippen molar-refractivity contribution in [1.29, 1.82) is 0 Å². The standard InChI is InChI=1S/C22H28N2O2.C2H6/c1-17-13-23(15-19-7-5-4-6-8-19)14-18(2)24(17)16-20-9-11-21(12-10-20)22(25)26-3;1-2/h4-12,17-18H,13-16H2,1-3H3;1-2H3/t17-,18+;. The Kier molecular flexibility index (Phi) is 8.68. The highest BCUT2D eigenvalue weighted by Gasteiger charge is 2.29. The van der Waals surface area contributed by atoms with Crippen LogP contribution in [0.25, 0.3) is 0 Å². The van der Waals surface area contributed by atoms with Crippen LogP contribution >= 0.6 is 0 Å². The summed E-state index contributed by atoms with van der Waals surface area (Å²) in [5.74, 6) is -0.284. The Hall–Kier alpha value is -2.17. The van der Waals surface area contributed by atoms with Gasteiger partial charge in [-0.2, -0.15) is 0 Å². The fourth-order valence-electron chi connectivity index (χ4n) is 3.82. The molecule has 152 valence electrons.